The number of carbonyl (C=O) groups is 1. The highest BCUT2D eigenvalue weighted by atomic mass is 32.2. The highest BCUT2D eigenvalue weighted by Gasteiger charge is 2.33. The van der Waals surface area contributed by atoms with E-state index in [1.54, 1.807) is 0 Å². The van der Waals surface area contributed by atoms with Gasteiger partial charge in [0.25, 0.3) is 0 Å². The van der Waals surface area contributed by atoms with Gasteiger partial charge >= 0.3 is 6.09 Å². The molecular weight excluding hydrogens is 236 g/mol. The molecule has 5 heteroatoms. The predicted molar refractivity (Wildman–Crippen MR) is 70.2 cm³/mol. The Hall–Kier alpha value is -0.420. The van der Waals surface area contributed by atoms with E-state index in [0.29, 0.717) is 0 Å². The first-order chi connectivity index (χ1) is 7.94. The van der Waals surface area contributed by atoms with Crippen LogP contribution >= 0.6 is 11.8 Å². The summed E-state index contributed by atoms with van der Waals surface area (Å²) < 4.78 is 5.26. The Labute approximate surface area is 107 Å². The Morgan fingerprint density at radius 1 is 1.35 bits per heavy atom. The van der Waals surface area contributed by atoms with Gasteiger partial charge in [0.05, 0.1) is 5.37 Å². The van der Waals surface area contributed by atoms with E-state index in [0.717, 1.165) is 31.3 Å². The molecule has 0 aromatic rings. The molecule has 17 heavy (non-hydrogen) atoms. The number of amides is 1. The first kappa shape index (κ1) is 13.0. The van der Waals surface area contributed by atoms with Gasteiger partial charge in [-0.25, -0.2) is 4.79 Å². The topological polar surface area (TPSA) is 41.6 Å². The number of likely N-dealkylation sites (tertiary alicyclic amines) is 1. The van der Waals surface area contributed by atoms with Crippen molar-refractivity contribution in [3.63, 3.8) is 0 Å². The van der Waals surface area contributed by atoms with Gasteiger partial charge in [-0.05, 0) is 33.6 Å². The zero-order chi connectivity index (χ0) is 12.5. The lowest BCUT2D eigenvalue weighted by molar-refractivity contribution is 0.0480. The number of carbonyl (C=O) groups excluding carboxylic acids is 1. The molecule has 0 aromatic heterocycles. The number of alkyl carbamates (subject to hydrolysis) is 1. The number of nitrogens with one attached hydrogen (secondary N) is 1. The zero-order valence-corrected chi connectivity index (χ0v) is 11.7. The maximum absolute atomic E-state index is 11.6. The van der Waals surface area contributed by atoms with Crippen molar-refractivity contribution in [2.45, 2.75) is 50.6 Å². The Kier molecular flexibility index (Phi) is 3.88. The van der Waals surface area contributed by atoms with Crippen LogP contribution in [0.1, 0.15) is 33.6 Å². The average molecular weight is 258 g/mol. The van der Waals surface area contributed by atoms with Gasteiger partial charge in [0.2, 0.25) is 0 Å². The molecule has 2 saturated heterocycles. The summed E-state index contributed by atoms with van der Waals surface area (Å²) in [6.45, 7) is 7.86. The standard InChI is InChI=1S/C12H22N2O2S/c1-12(2,3)16-11(15)13-9-4-6-14(7-5-9)10-8-17-10/h9-10H,4-8H2,1-3H3,(H,13,15). The molecule has 0 radical (unpaired) electrons. The second-order valence-electron chi connectivity index (χ2n) is 5.74. The lowest BCUT2D eigenvalue weighted by Crippen LogP contribution is -2.46. The molecule has 2 heterocycles. The minimum Gasteiger partial charge on any atom is -0.444 e. The summed E-state index contributed by atoms with van der Waals surface area (Å²) in [6.07, 6.45) is 1.80. The summed E-state index contributed by atoms with van der Waals surface area (Å²) in [7, 11) is 0. The van der Waals surface area contributed by atoms with Crippen LogP contribution in [0.2, 0.25) is 0 Å². The first-order valence-electron chi connectivity index (χ1n) is 6.29. The summed E-state index contributed by atoms with van der Waals surface area (Å²) in [4.78, 5) is 14.1. The summed E-state index contributed by atoms with van der Waals surface area (Å²) in [5, 5.41) is 3.72. The number of rotatable bonds is 2. The van der Waals surface area contributed by atoms with Crippen LogP contribution in [-0.2, 0) is 4.74 Å². The third-order valence-corrected chi connectivity index (χ3v) is 3.90. The number of nitrogens with zero attached hydrogens (tertiary/aromatic N) is 1. The fourth-order valence-electron chi connectivity index (χ4n) is 2.06. The van der Waals surface area contributed by atoms with E-state index in [1.807, 2.05) is 32.5 Å². The van der Waals surface area contributed by atoms with Crippen LogP contribution in [0.5, 0.6) is 0 Å². The molecule has 0 aromatic carbocycles. The first-order valence-corrected chi connectivity index (χ1v) is 7.34. The van der Waals surface area contributed by atoms with E-state index in [9.17, 15) is 4.79 Å². The van der Waals surface area contributed by atoms with Crippen LogP contribution in [0.15, 0.2) is 0 Å². The van der Waals surface area contributed by atoms with E-state index in [4.69, 9.17) is 4.74 Å². The van der Waals surface area contributed by atoms with Crippen molar-refractivity contribution in [2.75, 3.05) is 18.8 Å². The van der Waals surface area contributed by atoms with Crippen molar-refractivity contribution >= 4 is 17.9 Å². The Balaban J connectivity index is 1.68. The van der Waals surface area contributed by atoms with Crippen molar-refractivity contribution in [3.05, 3.63) is 0 Å². The minimum absolute atomic E-state index is 0.281. The largest absolute Gasteiger partial charge is 0.444 e. The zero-order valence-electron chi connectivity index (χ0n) is 10.9. The molecule has 0 saturated carbocycles. The maximum atomic E-state index is 11.6. The van der Waals surface area contributed by atoms with Crippen molar-refractivity contribution in [1.29, 1.82) is 0 Å². The van der Waals surface area contributed by atoms with Crippen LogP contribution in [-0.4, -0.2) is 46.9 Å². The van der Waals surface area contributed by atoms with Crippen LogP contribution in [0, 0.1) is 0 Å². The average Bonchev–Trinajstić information content (AvgIpc) is 2.99. The molecule has 1 N–H and O–H groups in total. The lowest BCUT2D eigenvalue weighted by Gasteiger charge is -2.32. The second kappa shape index (κ2) is 5.06. The quantitative estimate of drug-likeness (QED) is 0.770. The SMILES string of the molecule is CC(C)(C)OC(=O)NC1CCN(C2CS2)CC1. The second-order valence-corrected chi connectivity index (χ2v) is 6.96. The van der Waals surface area contributed by atoms with Gasteiger partial charge in [0, 0.05) is 24.9 Å². The van der Waals surface area contributed by atoms with Gasteiger partial charge < -0.3 is 10.1 Å². The van der Waals surface area contributed by atoms with Gasteiger partial charge in [-0.15, -0.1) is 11.8 Å². The summed E-state index contributed by atoms with van der Waals surface area (Å²) in [5.41, 5.74) is -0.407. The smallest absolute Gasteiger partial charge is 0.407 e. The molecule has 1 unspecified atom stereocenters. The molecule has 0 spiro atoms. The summed E-state index contributed by atoms with van der Waals surface area (Å²) >= 11 is 2.01. The predicted octanol–water partition coefficient (Wildman–Crippen LogP) is 2.05. The van der Waals surface area contributed by atoms with Crippen LogP contribution in [0.3, 0.4) is 0 Å². The highest BCUT2D eigenvalue weighted by Crippen LogP contribution is 2.35. The molecule has 2 aliphatic rings. The normalized spacial score (nSPS) is 26.6. The van der Waals surface area contributed by atoms with Crippen molar-refractivity contribution < 1.29 is 9.53 Å². The molecule has 4 nitrogen and oxygen atoms in total. The number of ether oxygens (including phenoxy) is 1. The molecule has 1 atom stereocenters. The fourth-order valence-corrected chi connectivity index (χ4v) is 2.78. The molecule has 2 aliphatic heterocycles. The van der Waals surface area contributed by atoms with Crippen molar-refractivity contribution in [3.8, 4) is 0 Å². The summed E-state index contributed by atoms with van der Waals surface area (Å²) in [6, 6.07) is 0.282. The summed E-state index contributed by atoms with van der Waals surface area (Å²) in [5.74, 6) is 1.28. The number of hydrogen-bond donors (Lipinski definition) is 1. The monoisotopic (exact) mass is 258 g/mol. The van der Waals surface area contributed by atoms with Gasteiger partial charge in [-0.2, -0.15) is 0 Å². The van der Waals surface area contributed by atoms with Crippen molar-refractivity contribution in [1.82, 2.24) is 10.2 Å². The van der Waals surface area contributed by atoms with Crippen molar-refractivity contribution in [2.24, 2.45) is 0 Å². The third kappa shape index (κ3) is 4.39. The van der Waals surface area contributed by atoms with E-state index in [-0.39, 0.29) is 12.1 Å². The lowest BCUT2D eigenvalue weighted by atomic mass is 10.1. The van der Waals surface area contributed by atoms with Gasteiger partial charge in [0.15, 0.2) is 0 Å². The third-order valence-electron chi connectivity index (χ3n) is 2.97. The Morgan fingerprint density at radius 2 is 1.94 bits per heavy atom. The maximum Gasteiger partial charge on any atom is 0.407 e. The number of hydrogen-bond acceptors (Lipinski definition) is 4. The van der Waals surface area contributed by atoms with Crippen LogP contribution in [0.25, 0.3) is 0 Å². The van der Waals surface area contributed by atoms with Gasteiger partial charge in [-0.3, -0.25) is 4.90 Å². The molecular formula is C12H22N2O2S. The van der Waals surface area contributed by atoms with E-state index < -0.39 is 5.60 Å². The van der Waals surface area contributed by atoms with E-state index in [1.165, 1.54) is 5.75 Å². The van der Waals surface area contributed by atoms with E-state index in [2.05, 4.69) is 10.2 Å². The number of thioether (sulfide) groups is 1. The molecule has 98 valence electrons. The van der Waals surface area contributed by atoms with E-state index >= 15 is 0 Å². The van der Waals surface area contributed by atoms with Gasteiger partial charge in [-0.1, -0.05) is 0 Å². The molecule has 1 amide bonds. The van der Waals surface area contributed by atoms with Gasteiger partial charge in [0.1, 0.15) is 5.60 Å². The number of piperidine rings is 1. The molecule has 2 rings (SSSR count). The molecule has 0 bridgehead atoms. The van der Waals surface area contributed by atoms with Crippen LogP contribution in [0.4, 0.5) is 4.79 Å². The fraction of sp³-hybridized carbons (Fsp3) is 0.917. The van der Waals surface area contributed by atoms with Crippen LogP contribution < -0.4 is 5.32 Å². The molecule has 0 aliphatic carbocycles. The minimum atomic E-state index is -0.407. The molecule has 2 fully saturated rings. The Morgan fingerprint density at radius 3 is 2.41 bits per heavy atom. The highest BCUT2D eigenvalue weighted by molar-refractivity contribution is 8.06. The Bertz CT molecular complexity index is 279.